The Morgan fingerprint density at radius 3 is 2.47 bits per heavy atom. The Bertz CT molecular complexity index is 1190. The molecular formula is C23H20N4O3. The second-order valence-electron chi connectivity index (χ2n) is 6.74. The summed E-state index contributed by atoms with van der Waals surface area (Å²) in [4.78, 5) is 24.9. The smallest absolute Gasteiger partial charge is 0.279 e. The number of hydrogen-bond acceptors (Lipinski definition) is 4. The summed E-state index contributed by atoms with van der Waals surface area (Å²) in [5.41, 5.74) is 6.53. The van der Waals surface area contributed by atoms with Crippen molar-refractivity contribution in [2.45, 2.75) is 13.0 Å². The highest BCUT2D eigenvalue weighted by Gasteiger charge is 2.19. The Kier molecular flexibility index (Phi) is 5.43. The van der Waals surface area contributed by atoms with Crippen molar-refractivity contribution in [1.29, 1.82) is 0 Å². The second-order valence-corrected chi connectivity index (χ2v) is 6.74. The van der Waals surface area contributed by atoms with Crippen LogP contribution in [0.4, 0.5) is 0 Å². The predicted octanol–water partition coefficient (Wildman–Crippen LogP) is 3.46. The molecule has 1 heterocycles. The number of fused-ring (bicyclic) bond motifs is 1. The van der Waals surface area contributed by atoms with Crippen LogP contribution in [-0.4, -0.2) is 28.1 Å². The van der Waals surface area contributed by atoms with E-state index in [1.165, 1.54) is 6.20 Å². The molecule has 3 aromatic carbocycles. The lowest BCUT2D eigenvalue weighted by atomic mass is 10.1. The minimum absolute atomic E-state index is 0.324. The first kappa shape index (κ1) is 19.2. The van der Waals surface area contributed by atoms with Gasteiger partial charge in [-0.2, -0.15) is 5.10 Å². The molecule has 1 atom stereocenters. The van der Waals surface area contributed by atoms with Gasteiger partial charge in [0.05, 0.1) is 17.5 Å². The Morgan fingerprint density at radius 1 is 0.933 bits per heavy atom. The standard InChI is InChI=1S/C23H20N4O3/c1-15(30-19-12-11-16-7-5-6-10-18(16)13-19)22(28)26-27-23(29)20-14-24-25-21(20)17-8-3-2-4-9-17/h2-15H,1H3,(H,24,25)(H,26,28)(H,27,29)/t15-/m1/s1. The van der Waals surface area contributed by atoms with Crippen LogP contribution in [0.2, 0.25) is 0 Å². The summed E-state index contributed by atoms with van der Waals surface area (Å²) in [5, 5.41) is 8.86. The van der Waals surface area contributed by atoms with Gasteiger partial charge in [-0.05, 0) is 29.8 Å². The van der Waals surface area contributed by atoms with Crippen LogP contribution in [0.25, 0.3) is 22.0 Å². The highest BCUT2D eigenvalue weighted by Crippen LogP contribution is 2.22. The zero-order valence-corrected chi connectivity index (χ0v) is 16.3. The lowest BCUT2D eigenvalue weighted by Gasteiger charge is -2.15. The number of carbonyl (C=O) groups is 2. The van der Waals surface area contributed by atoms with Gasteiger partial charge in [0.1, 0.15) is 5.75 Å². The van der Waals surface area contributed by atoms with Gasteiger partial charge in [-0.25, -0.2) is 0 Å². The van der Waals surface area contributed by atoms with Crippen molar-refractivity contribution in [1.82, 2.24) is 21.0 Å². The molecule has 0 fully saturated rings. The number of carbonyl (C=O) groups excluding carboxylic acids is 2. The van der Waals surface area contributed by atoms with Crippen LogP contribution < -0.4 is 15.6 Å². The summed E-state index contributed by atoms with van der Waals surface area (Å²) in [6.45, 7) is 1.62. The lowest BCUT2D eigenvalue weighted by Crippen LogP contribution is -2.47. The summed E-state index contributed by atoms with van der Waals surface area (Å²) < 4.78 is 5.72. The Balaban J connectivity index is 1.37. The Morgan fingerprint density at radius 2 is 1.67 bits per heavy atom. The molecule has 0 spiro atoms. The summed E-state index contributed by atoms with van der Waals surface area (Å²) in [6, 6.07) is 22.8. The molecule has 4 rings (SSSR count). The van der Waals surface area contributed by atoms with Crippen LogP contribution >= 0.6 is 0 Å². The number of aromatic amines is 1. The summed E-state index contributed by atoms with van der Waals surface area (Å²) in [6.07, 6.45) is 0.614. The van der Waals surface area contributed by atoms with Crippen LogP contribution in [0.5, 0.6) is 5.75 Å². The van der Waals surface area contributed by atoms with E-state index >= 15 is 0 Å². The summed E-state index contributed by atoms with van der Waals surface area (Å²) >= 11 is 0. The van der Waals surface area contributed by atoms with Crippen LogP contribution in [0.1, 0.15) is 17.3 Å². The van der Waals surface area contributed by atoms with Crippen molar-refractivity contribution in [2.75, 3.05) is 0 Å². The maximum absolute atomic E-state index is 12.5. The Hall–Kier alpha value is -4.13. The van der Waals surface area contributed by atoms with Crippen molar-refractivity contribution >= 4 is 22.6 Å². The van der Waals surface area contributed by atoms with Crippen molar-refractivity contribution in [3.8, 4) is 17.0 Å². The van der Waals surface area contributed by atoms with Gasteiger partial charge < -0.3 is 4.74 Å². The Labute approximate surface area is 173 Å². The molecule has 0 saturated carbocycles. The van der Waals surface area contributed by atoms with E-state index in [4.69, 9.17) is 4.74 Å². The summed E-state index contributed by atoms with van der Waals surface area (Å²) in [5.74, 6) is -0.376. The molecule has 7 heteroatoms. The topological polar surface area (TPSA) is 96.1 Å². The molecule has 4 aromatic rings. The molecule has 1 aromatic heterocycles. The maximum Gasteiger partial charge on any atom is 0.279 e. The van der Waals surface area contributed by atoms with Gasteiger partial charge in [0.2, 0.25) is 0 Å². The van der Waals surface area contributed by atoms with Crippen molar-refractivity contribution in [2.24, 2.45) is 0 Å². The van der Waals surface area contributed by atoms with Crippen LogP contribution in [0.3, 0.4) is 0 Å². The second kappa shape index (κ2) is 8.48. The van der Waals surface area contributed by atoms with Crippen LogP contribution in [-0.2, 0) is 4.79 Å². The van der Waals surface area contributed by atoms with E-state index in [-0.39, 0.29) is 0 Å². The number of amides is 2. The molecule has 7 nitrogen and oxygen atoms in total. The van der Waals surface area contributed by atoms with E-state index < -0.39 is 17.9 Å². The first-order valence-corrected chi connectivity index (χ1v) is 9.46. The number of nitrogens with one attached hydrogen (secondary N) is 3. The number of hydrazine groups is 1. The number of aromatic nitrogens is 2. The van der Waals surface area contributed by atoms with Gasteiger partial charge in [-0.15, -0.1) is 0 Å². The molecule has 0 radical (unpaired) electrons. The molecule has 150 valence electrons. The van der Waals surface area contributed by atoms with Gasteiger partial charge in [-0.3, -0.25) is 25.5 Å². The van der Waals surface area contributed by atoms with Gasteiger partial charge >= 0.3 is 0 Å². The highest BCUT2D eigenvalue weighted by atomic mass is 16.5. The number of ether oxygens (including phenoxy) is 1. The van der Waals surface area contributed by atoms with E-state index in [1.54, 1.807) is 6.92 Å². The minimum Gasteiger partial charge on any atom is -0.481 e. The quantitative estimate of drug-likeness (QED) is 0.447. The van der Waals surface area contributed by atoms with Crippen molar-refractivity contribution in [3.63, 3.8) is 0 Å². The van der Waals surface area contributed by atoms with Crippen LogP contribution in [0, 0.1) is 0 Å². The van der Waals surface area contributed by atoms with E-state index in [0.717, 1.165) is 16.3 Å². The fourth-order valence-electron chi connectivity index (χ4n) is 3.07. The predicted molar refractivity (Wildman–Crippen MR) is 114 cm³/mol. The fraction of sp³-hybridized carbons (Fsp3) is 0.0870. The van der Waals surface area contributed by atoms with Crippen molar-refractivity contribution in [3.05, 3.63) is 84.6 Å². The first-order chi connectivity index (χ1) is 14.6. The third-order valence-corrected chi connectivity index (χ3v) is 4.65. The monoisotopic (exact) mass is 400 g/mol. The molecular weight excluding hydrogens is 380 g/mol. The third-order valence-electron chi connectivity index (χ3n) is 4.65. The van der Waals surface area contributed by atoms with Gasteiger partial charge in [0.25, 0.3) is 11.8 Å². The third kappa shape index (κ3) is 4.15. The molecule has 0 bridgehead atoms. The van der Waals surface area contributed by atoms with Crippen molar-refractivity contribution < 1.29 is 14.3 Å². The van der Waals surface area contributed by atoms with Crippen LogP contribution in [0.15, 0.2) is 79.0 Å². The molecule has 0 saturated heterocycles. The average Bonchev–Trinajstić information content (AvgIpc) is 3.28. The van der Waals surface area contributed by atoms with Gasteiger partial charge in [0.15, 0.2) is 6.10 Å². The molecule has 3 N–H and O–H groups in total. The minimum atomic E-state index is -0.801. The normalized spacial score (nSPS) is 11.6. The van der Waals surface area contributed by atoms with E-state index in [2.05, 4.69) is 21.0 Å². The number of hydrogen-bond donors (Lipinski definition) is 3. The summed E-state index contributed by atoms with van der Waals surface area (Å²) in [7, 11) is 0. The zero-order chi connectivity index (χ0) is 20.9. The molecule has 0 aliphatic carbocycles. The zero-order valence-electron chi connectivity index (χ0n) is 16.3. The maximum atomic E-state index is 12.5. The van der Waals surface area contributed by atoms with E-state index in [9.17, 15) is 9.59 Å². The number of nitrogens with zero attached hydrogens (tertiary/aromatic N) is 1. The lowest BCUT2D eigenvalue weighted by molar-refractivity contribution is -0.128. The number of benzene rings is 3. The molecule has 2 amide bonds. The first-order valence-electron chi connectivity index (χ1n) is 9.46. The fourth-order valence-corrected chi connectivity index (χ4v) is 3.07. The molecule has 0 unspecified atom stereocenters. The van der Waals surface area contributed by atoms with Gasteiger partial charge in [0, 0.05) is 5.56 Å². The number of rotatable bonds is 5. The largest absolute Gasteiger partial charge is 0.481 e. The number of H-pyrrole nitrogens is 1. The van der Waals surface area contributed by atoms with Gasteiger partial charge in [-0.1, -0.05) is 60.7 Å². The average molecular weight is 400 g/mol. The molecule has 0 aliphatic rings. The highest BCUT2D eigenvalue weighted by molar-refractivity contribution is 6.00. The SMILES string of the molecule is C[C@@H](Oc1ccc2ccccc2c1)C(=O)NNC(=O)c1cn[nH]c1-c1ccccc1. The van der Waals surface area contributed by atoms with E-state index in [1.807, 2.05) is 72.8 Å². The van der Waals surface area contributed by atoms with E-state index in [0.29, 0.717) is 17.0 Å². The molecule has 0 aliphatic heterocycles. The molecule has 30 heavy (non-hydrogen) atoms.